The Morgan fingerprint density at radius 3 is 2.94 bits per heavy atom. The molecule has 18 heavy (non-hydrogen) atoms. The normalized spacial score (nSPS) is 10.1. The quantitative estimate of drug-likeness (QED) is 0.804. The summed E-state index contributed by atoms with van der Waals surface area (Å²) < 4.78 is 9.94. The van der Waals surface area contributed by atoms with E-state index in [0.717, 1.165) is 0 Å². The fraction of sp³-hybridized carbons (Fsp3) is 0.182. The topological polar surface area (TPSA) is 103 Å². The van der Waals surface area contributed by atoms with Crippen LogP contribution in [0.5, 0.6) is 0 Å². The smallest absolute Gasteiger partial charge is 0.415 e. The molecule has 0 saturated heterocycles. The Balaban J connectivity index is 2.16. The summed E-state index contributed by atoms with van der Waals surface area (Å²) in [5.74, 6) is 0.236. The molecule has 0 fully saturated rings. The van der Waals surface area contributed by atoms with Crippen molar-refractivity contribution in [1.29, 1.82) is 0 Å². The average Bonchev–Trinajstić information content (AvgIpc) is 2.78. The molecule has 0 radical (unpaired) electrons. The van der Waals surface area contributed by atoms with E-state index >= 15 is 0 Å². The zero-order valence-corrected chi connectivity index (χ0v) is 9.71. The van der Waals surface area contributed by atoms with Gasteiger partial charge in [0.15, 0.2) is 0 Å². The number of rotatable bonds is 3. The molecular formula is C11H12N4O3. The Labute approximate surface area is 103 Å². The number of aromatic nitrogens is 2. The molecule has 1 heterocycles. The number of hydrogen-bond donors (Lipinski definition) is 2. The third-order valence-corrected chi connectivity index (χ3v) is 2.10. The predicted molar refractivity (Wildman–Crippen MR) is 64.8 cm³/mol. The summed E-state index contributed by atoms with van der Waals surface area (Å²) in [5, 5.41) is 9.78. The summed E-state index contributed by atoms with van der Waals surface area (Å²) in [7, 11) is 0. The lowest BCUT2D eigenvalue weighted by Crippen LogP contribution is -2.13. The standard InChI is InChI=1S/C11H12N4O3/c1-2-17-11(16)13-10-15-14-9(18-10)7-5-3-4-6-8(7)12/h3-6H,2,12H2,1H3,(H,13,15,16). The lowest BCUT2D eigenvalue weighted by Gasteiger charge is -2.00. The molecule has 2 rings (SSSR count). The van der Waals surface area contributed by atoms with Crippen LogP contribution < -0.4 is 11.1 Å². The van der Waals surface area contributed by atoms with Gasteiger partial charge in [0.2, 0.25) is 0 Å². The molecule has 0 aliphatic heterocycles. The van der Waals surface area contributed by atoms with Gasteiger partial charge in [-0.15, -0.1) is 5.10 Å². The van der Waals surface area contributed by atoms with E-state index in [-0.39, 0.29) is 18.5 Å². The number of nitrogens with zero attached hydrogens (tertiary/aromatic N) is 2. The highest BCUT2D eigenvalue weighted by molar-refractivity contribution is 5.82. The van der Waals surface area contributed by atoms with Crippen molar-refractivity contribution in [3.63, 3.8) is 0 Å². The number of benzene rings is 1. The van der Waals surface area contributed by atoms with Gasteiger partial charge in [0.05, 0.1) is 12.2 Å². The second-order valence-electron chi connectivity index (χ2n) is 3.35. The van der Waals surface area contributed by atoms with Gasteiger partial charge in [-0.2, -0.15) is 0 Å². The predicted octanol–water partition coefficient (Wildman–Crippen LogP) is 1.89. The first-order valence-electron chi connectivity index (χ1n) is 5.33. The highest BCUT2D eigenvalue weighted by Gasteiger charge is 2.13. The molecule has 1 aromatic heterocycles. The third-order valence-electron chi connectivity index (χ3n) is 2.10. The first-order valence-corrected chi connectivity index (χ1v) is 5.33. The zero-order chi connectivity index (χ0) is 13.0. The van der Waals surface area contributed by atoms with Gasteiger partial charge in [0.25, 0.3) is 5.89 Å². The second-order valence-corrected chi connectivity index (χ2v) is 3.35. The second kappa shape index (κ2) is 5.17. The van der Waals surface area contributed by atoms with Gasteiger partial charge < -0.3 is 14.9 Å². The SMILES string of the molecule is CCOC(=O)Nc1nnc(-c2ccccc2N)o1. The molecule has 7 nitrogen and oxygen atoms in total. The summed E-state index contributed by atoms with van der Waals surface area (Å²) in [6.07, 6.45) is -0.645. The van der Waals surface area contributed by atoms with E-state index in [0.29, 0.717) is 11.3 Å². The third kappa shape index (κ3) is 2.57. The lowest BCUT2D eigenvalue weighted by atomic mass is 10.2. The van der Waals surface area contributed by atoms with Gasteiger partial charge in [0.1, 0.15) is 0 Å². The molecule has 0 spiro atoms. The van der Waals surface area contributed by atoms with Crippen molar-refractivity contribution in [2.75, 3.05) is 17.7 Å². The van der Waals surface area contributed by atoms with Crippen molar-refractivity contribution in [1.82, 2.24) is 10.2 Å². The minimum Gasteiger partial charge on any atom is -0.450 e. The molecule has 0 aliphatic carbocycles. The number of nitrogens with one attached hydrogen (secondary N) is 1. The van der Waals surface area contributed by atoms with E-state index in [4.69, 9.17) is 10.2 Å². The summed E-state index contributed by atoms with van der Waals surface area (Å²) >= 11 is 0. The first kappa shape index (κ1) is 11.9. The highest BCUT2D eigenvalue weighted by Crippen LogP contribution is 2.25. The Bertz CT molecular complexity index is 553. The van der Waals surface area contributed by atoms with Crippen molar-refractivity contribution in [2.45, 2.75) is 6.92 Å². The Morgan fingerprint density at radius 2 is 2.22 bits per heavy atom. The number of anilines is 2. The van der Waals surface area contributed by atoms with Crippen LogP contribution in [0.3, 0.4) is 0 Å². The number of carbonyl (C=O) groups is 1. The van der Waals surface area contributed by atoms with Crippen molar-refractivity contribution >= 4 is 17.8 Å². The highest BCUT2D eigenvalue weighted by atomic mass is 16.5. The monoisotopic (exact) mass is 248 g/mol. The Morgan fingerprint density at radius 1 is 1.44 bits per heavy atom. The molecule has 0 atom stereocenters. The van der Waals surface area contributed by atoms with Crippen LogP contribution in [-0.4, -0.2) is 22.9 Å². The van der Waals surface area contributed by atoms with E-state index < -0.39 is 6.09 Å². The van der Waals surface area contributed by atoms with Crippen LogP contribution >= 0.6 is 0 Å². The number of hydrogen-bond acceptors (Lipinski definition) is 6. The van der Waals surface area contributed by atoms with Gasteiger partial charge >= 0.3 is 12.1 Å². The van der Waals surface area contributed by atoms with Crippen LogP contribution in [0, 0.1) is 0 Å². The number of nitrogen functional groups attached to an aromatic ring is 1. The molecule has 94 valence electrons. The van der Waals surface area contributed by atoms with Crippen LogP contribution in [0.2, 0.25) is 0 Å². The van der Waals surface area contributed by atoms with E-state index in [1.54, 1.807) is 31.2 Å². The van der Waals surface area contributed by atoms with Gasteiger partial charge in [-0.1, -0.05) is 17.2 Å². The van der Waals surface area contributed by atoms with Gasteiger partial charge in [0, 0.05) is 5.69 Å². The molecule has 3 N–H and O–H groups in total. The molecule has 0 saturated carbocycles. The maximum absolute atomic E-state index is 11.1. The van der Waals surface area contributed by atoms with E-state index in [1.807, 2.05) is 0 Å². The van der Waals surface area contributed by atoms with Crippen LogP contribution in [0.1, 0.15) is 6.92 Å². The maximum atomic E-state index is 11.1. The lowest BCUT2D eigenvalue weighted by molar-refractivity contribution is 0.167. The van der Waals surface area contributed by atoms with E-state index in [2.05, 4.69) is 20.3 Å². The molecule has 0 aliphatic rings. The van der Waals surface area contributed by atoms with Crippen LogP contribution in [0.15, 0.2) is 28.7 Å². The average molecular weight is 248 g/mol. The van der Waals surface area contributed by atoms with Gasteiger partial charge in [-0.25, -0.2) is 10.1 Å². The van der Waals surface area contributed by atoms with Crippen molar-refractivity contribution in [2.24, 2.45) is 0 Å². The molecule has 1 aromatic carbocycles. The molecule has 7 heteroatoms. The fourth-order valence-corrected chi connectivity index (χ4v) is 1.33. The summed E-state index contributed by atoms with van der Waals surface area (Å²) in [6, 6.07) is 7.03. The van der Waals surface area contributed by atoms with Crippen LogP contribution in [0.25, 0.3) is 11.5 Å². The zero-order valence-electron chi connectivity index (χ0n) is 9.71. The van der Waals surface area contributed by atoms with Gasteiger partial charge in [-0.05, 0) is 19.1 Å². The van der Waals surface area contributed by atoms with Crippen molar-refractivity contribution in [3.05, 3.63) is 24.3 Å². The van der Waals surface area contributed by atoms with Crippen LogP contribution in [-0.2, 0) is 4.74 Å². The molecule has 1 amide bonds. The summed E-state index contributed by atoms with van der Waals surface area (Å²) in [4.78, 5) is 11.1. The molecule has 0 unspecified atom stereocenters. The van der Waals surface area contributed by atoms with E-state index in [9.17, 15) is 4.79 Å². The number of para-hydroxylation sites is 1. The minimum atomic E-state index is -0.645. The number of nitrogens with two attached hydrogens (primary N) is 1. The fourth-order valence-electron chi connectivity index (χ4n) is 1.33. The number of ether oxygens (including phenoxy) is 1. The number of carbonyl (C=O) groups excluding carboxylic acids is 1. The maximum Gasteiger partial charge on any atom is 0.415 e. The van der Waals surface area contributed by atoms with Crippen molar-refractivity contribution < 1.29 is 13.9 Å². The summed E-state index contributed by atoms with van der Waals surface area (Å²) in [5.41, 5.74) is 6.90. The van der Waals surface area contributed by atoms with E-state index in [1.165, 1.54) is 0 Å². The molecule has 0 bridgehead atoms. The molecular weight excluding hydrogens is 236 g/mol. The summed E-state index contributed by atoms with van der Waals surface area (Å²) in [6.45, 7) is 1.96. The first-order chi connectivity index (χ1) is 8.70. The van der Waals surface area contributed by atoms with Gasteiger partial charge in [-0.3, -0.25) is 0 Å². The largest absolute Gasteiger partial charge is 0.450 e. The molecule has 2 aromatic rings. The minimum absolute atomic E-state index is 0.0355. The number of amides is 1. The Kier molecular flexibility index (Phi) is 3.42. The van der Waals surface area contributed by atoms with Crippen molar-refractivity contribution in [3.8, 4) is 11.5 Å². The Hall–Kier alpha value is -2.57. The van der Waals surface area contributed by atoms with Crippen LogP contribution in [0.4, 0.5) is 16.5 Å².